The number of carbonyl (C=O) groups excluding carboxylic acids is 2. The van der Waals surface area contributed by atoms with E-state index in [-0.39, 0.29) is 30.3 Å². The Hall–Kier alpha value is -3.61. The van der Waals surface area contributed by atoms with Crippen LogP contribution in [-0.2, 0) is 29.0 Å². The molecule has 4 aromatic rings. The van der Waals surface area contributed by atoms with Gasteiger partial charge in [0.25, 0.3) is 0 Å². The minimum atomic E-state index is -0.716. The first-order valence-electron chi connectivity index (χ1n) is 11.6. The molecular weight excluding hydrogens is 460 g/mol. The summed E-state index contributed by atoms with van der Waals surface area (Å²) in [5.74, 6) is -0.404. The number of H-pyrrole nitrogens is 1. The molecule has 0 unspecified atom stereocenters. The Balaban J connectivity index is 0.00000289. The summed E-state index contributed by atoms with van der Waals surface area (Å²) in [6, 6.07) is 22.7. The highest BCUT2D eigenvalue weighted by Gasteiger charge is 2.29. The van der Waals surface area contributed by atoms with Gasteiger partial charge < -0.3 is 20.9 Å². The summed E-state index contributed by atoms with van der Waals surface area (Å²) in [4.78, 5) is 29.9. The van der Waals surface area contributed by atoms with Crippen LogP contribution in [0.2, 0.25) is 0 Å². The summed E-state index contributed by atoms with van der Waals surface area (Å²) in [7, 11) is 0. The summed E-state index contributed by atoms with van der Waals surface area (Å²) in [6.45, 7) is 2.62. The average molecular weight is 489 g/mol. The molecule has 1 aliphatic rings. The summed E-state index contributed by atoms with van der Waals surface area (Å²) >= 11 is 0. The number of rotatable bonds is 6. The van der Waals surface area contributed by atoms with Gasteiger partial charge in [0.1, 0.15) is 6.04 Å². The Kier molecular flexibility index (Phi) is 7.54. The van der Waals surface area contributed by atoms with Gasteiger partial charge in [-0.15, -0.1) is 12.4 Å². The molecule has 3 aromatic carbocycles. The number of aryl methyl sites for hydroxylation is 1. The van der Waals surface area contributed by atoms with E-state index in [9.17, 15) is 9.59 Å². The molecule has 6 nitrogen and oxygen atoms in total. The predicted octanol–water partition coefficient (Wildman–Crippen LogP) is 4.28. The van der Waals surface area contributed by atoms with Crippen LogP contribution in [-0.4, -0.2) is 28.9 Å². The van der Waals surface area contributed by atoms with Gasteiger partial charge in [0.15, 0.2) is 0 Å². The van der Waals surface area contributed by atoms with E-state index in [0.29, 0.717) is 25.1 Å². The third kappa shape index (κ3) is 5.56. The van der Waals surface area contributed by atoms with E-state index in [0.717, 1.165) is 22.0 Å². The SMILES string of the molecule is Cc1cccc(NC(=O)[C@H](Cc2c[nH]c3ccccc23)NC(=O)[C@@H]2Cc3ccccc3CN2)c1.Cl. The van der Waals surface area contributed by atoms with E-state index >= 15 is 0 Å². The third-order valence-electron chi connectivity index (χ3n) is 6.42. The van der Waals surface area contributed by atoms with Crippen LogP contribution in [0.3, 0.4) is 0 Å². The van der Waals surface area contributed by atoms with Crippen molar-refractivity contribution in [3.05, 3.63) is 101 Å². The molecule has 0 radical (unpaired) electrons. The molecule has 5 rings (SSSR count). The summed E-state index contributed by atoms with van der Waals surface area (Å²) < 4.78 is 0. The molecule has 0 aliphatic carbocycles. The van der Waals surface area contributed by atoms with Crippen LogP contribution < -0.4 is 16.0 Å². The number of halogens is 1. The highest BCUT2D eigenvalue weighted by atomic mass is 35.5. The van der Waals surface area contributed by atoms with Gasteiger partial charge in [0, 0.05) is 35.8 Å². The smallest absolute Gasteiger partial charge is 0.247 e. The van der Waals surface area contributed by atoms with Gasteiger partial charge >= 0.3 is 0 Å². The number of fused-ring (bicyclic) bond motifs is 2. The Morgan fingerprint density at radius 3 is 2.60 bits per heavy atom. The Labute approximate surface area is 210 Å². The van der Waals surface area contributed by atoms with E-state index in [1.807, 2.05) is 73.8 Å². The van der Waals surface area contributed by atoms with Crippen molar-refractivity contribution < 1.29 is 9.59 Å². The molecule has 2 amide bonds. The fourth-order valence-corrected chi connectivity index (χ4v) is 4.59. The molecule has 0 fully saturated rings. The number of hydrogen-bond donors (Lipinski definition) is 4. The van der Waals surface area contributed by atoms with Crippen LogP contribution in [0, 0.1) is 6.92 Å². The number of hydrogen-bond acceptors (Lipinski definition) is 3. The number of benzene rings is 3. The molecule has 0 bridgehead atoms. The van der Waals surface area contributed by atoms with E-state index in [4.69, 9.17) is 0 Å². The quantitative estimate of drug-likeness (QED) is 0.327. The fourth-order valence-electron chi connectivity index (χ4n) is 4.59. The molecule has 4 N–H and O–H groups in total. The fraction of sp³-hybridized carbons (Fsp3) is 0.214. The first kappa shape index (κ1) is 24.5. The Morgan fingerprint density at radius 1 is 1.00 bits per heavy atom. The lowest BCUT2D eigenvalue weighted by atomic mass is 9.95. The number of anilines is 1. The van der Waals surface area contributed by atoms with Gasteiger partial charge in [-0.2, -0.15) is 0 Å². The molecule has 180 valence electrons. The van der Waals surface area contributed by atoms with Gasteiger partial charge in [-0.05, 0) is 53.8 Å². The molecular formula is C28H29ClN4O2. The molecule has 1 aromatic heterocycles. The molecule has 1 aliphatic heterocycles. The summed E-state index contributed by atoms with van der Waals surface area (Å²) in [5.41, 5.74) is 6.14. The second kappa shape index (κ2) is 10.8. The monoisotopic (exact) mass is 488 g/mol. The topological polar surface area (TPSA) is 86.0 Å². The van der Waals surface area contributed by atoms with Crippen LogP contribution >= 0.6 is 12.4 Å². The highest BCUT2D eigenvalue weighted by molar-refractivity contribution is 5.98. The second-order valence-electron chi connectivity index (χ2n) is 8.89. The van der Waals surface area contributed by atoms with Crippen LogP contribution in [0.1, 0.15) is 22.3 Å². The zero-order valence-electron chi connectivity index (χ0n) is 19.5. The van der Waals surface area contributed by atoms with Crippen molar-refractivity contribution >= 4 is 40.8 Å². The normalized spacial score (nSPS) is 15.5. The van der Waals surface area contributed by atoms with Crippen LogP contribution in [0.25, 0.3) is 10.9 Å². The maximum atomic E-state index is 13.3. The number of carbonyl (C=O) groups is 2. The van der Waals surface area contributed by atoms with Gasteiger partial charge in [0.05, 0.1) is 6.04 Å². The minimum absolute atomic E-state index is 0. The van der Waals surface area contributed by atoms with E-state index in [1.165, 1.54) is 11.1 Å². The molecule has 2 heterocycles. The minimum Gasteiger partial charge on any atom is -0.361 e. The first-order chi connectivity index (χ1) is 16.6. The average Bonchev–Trinajstić information content (AvgIpc) is 3.26. The van der Waals surface area contributed by atoms with Crippen molar-refractivity contribution in [3.63, 3.8) is 0 Å². The number of para-hydroxylation sites is 1. The number of aromatic amines is 1. The van der Waals surface area contributed by atoms with Crippen LogP contribution in [0.15, 0.2) is 79.0 Å². The van der Waals surface area contributed by atoms with Crippen LogP contribution in [0.5, 0.6) is 0 Å². The number of nitrogens with one attached hydrogen (secondary N) is 4. The van der Waals surface area contributed by atoms with Crippen molar-refractivity contribution in [2.45, 2.75) is 38.4 Å². The standard InChI is InChI=1S/C28H28N4O2.ClH/c1-18-7-6-10-22(13-18)31-28(34)26(15-21-17-29-24-12-5-4-11-23(21)24)32-27(33)25-14-19-8-2-3-9-20(19)16-30-25;/h2-13,17,25-26,29-30H,14-16H2,1H3,(H,31,34)(H,32,33);1H/t25-,26-;/m0./s1. The zero-order valence-corrected chi connectivity index (χ0v) is 20.3. The van der Waals surface area contributed by atoms with Crippen molar-refractivity contribution in [2.24, 2.45) is 0 Å². The number of amides is 2. The third-order valence-corrected chi connectivity index (χ3v) is 6.42. The van der Waals surface area contributed by atoms with Gasteiger partial charge in [-0.1, -0.05) is 54.6 Å². The van der Waals surface area contributed by atoms with E-state index in [2.05, 4.69) is 33.1 Å². The largest absolute Gasteiger partial charge is 0.361 e. The van der Waals surface area contributed by atoms with Crippen LogP contribution in [0.4, 0.5) is 5.69 Å². The molecule has 7 heteroatoms. The maximum absolute atomic E-state index is 13.3. The van der Waals surface area contributed by atoms with Crippen molar-refractivity contribution in [1.29, 1.82) is 0 Å². The number of aromatic nitrogens is 1. The Bertz CT molecular complexity index is 1350. The lowest BCUT2D eigenvalue weighted by molar-refractivity contribution is -0.128. The summed E-state index contributed by atoms with van der Waals surface area (Å²) in [5, 5.41) is 10.4. The van der Waals surface area contributed by atoms with Gasteiger partial charge in [0.2, 0.25) is 11.8 Å². The lowest BCUT2D eigenvalue weighted by Gasteiger charge is -2.27. The maximum Gasteiger partial charge on any atom is 0.247 e. The van der Waals surface area contributed by atoms with E-state index in [1.54, 1.807) is 0 Å². The summed E-state index contributed by atoms with van der Waals surface area (Å²) in [6.07, 6.45) is 2.90. The molecule has 0 saturated heterocycles. The Morgan fingerprint density at radius 2 is 1.77 bits per heavy atom. The first-order valence-corrected chi connectivity index (χ1v) is 11.6. The van der Waals surface area contributed by atoms with Crippen molar-refractivity contribution in [2.75, 3.05) is 5.32 Å². The molecule has 2 atom stereocenters. The van der Waals surface area contributed by atoms with Crippen molar-refractivity contribution in [1.82, 2.24) is 15.6 Å². The predicted molar refractivity (Wildman–Crippen MR) is 142 cm³/mol. The molecule has 0 saturated carbocycles. The van der Waals surface area contributed by atoms with Crippen molar-refractivity contribution in [3.8, 4) is 0 Å². The second-order valence-corrected chi connectivity index (χ2v) is 8.89. The van der Waals surface area contributed by atoms with E-state index < -0.39 is 6.04 Å². The van der Waals surface area contributed by atoms with Gasteiger partial charge in [-0.25, -0.2) is 0 Å². The van der Waals surface area contributed by atoms with Gasteiger partial charge in [-0.3, -0.25) is 9.59 Å². The molecule has 0 spiro atoms. The lowest BCUT2D eigenvalue weighted by Crippen LogP contribution is -2.53. The molecule has 35 heavy (non-hydrogen) atoms. The highest BCUT2D eigenvalue weighted by Crippen LogP contribution is 2.21. The zero-order chi connectivity index (χ0) is 23.5.